The summed E-state index contributed by atoms with van der Waals surface area (Å²) in [6.07, 6.45) is 7.14. The van der Waals surface area contributed by atoms with Crippen LogP contribution in [-0.2, 0) is 32.8 Å². The van der Waals surface area contributed by atoms with Gasteiger partial charge in [-0.1, -0.05) is 121 Å². The summed E-state index contributed by atoms with van der Waals surface area (Å²) >= 11 is 28.8. The summed E-state index contributed by atoms with van der Waals surface area (Å²) in [5.41, 5.74) is 4.39. The minimum absolute atomic E-state index is 0.0103. The normalized spacial score (nSPS) is 19.4. The van der Waals surface area contributed by atoms with Crippen LogP contribution in [0.5, 0.6) is 17.2 Å². The van der Waals surface area contributed by atoms with E-state index < -0.39 is 11.6 Å². The first-order valence-corrected chi connectivity index (χ1v) is 23.3. The van der Waals surface area contributed by atoms with Crippen molar-refractivity contribution in [2.24, 2.45) is 5.92 Å². The van der Waals surface area contributed by atoms with Crippen LogP contribution >= 0.6 is 58.2 Å². The van der Waals surface area contributed by atoms with E-state index in [-0.39, 0.29) is 61.7 Å². The maximum Gasteiger partial charge on any atom is 0.341 e. The van der Waals surface area contributed by atoms with Crippen molar-refractivity contribution in [2.75, 3.05) is 24.3 Å². The number of nitrogens with zero attached hydrogens (tertiary/aromatic N) is 2. The largest absolute Gasteiger partial charge is 0.489 e. The number of halogens is 4. The van der Waals surface area contributed by atoms with Crippen molar-refractivity contribution in [2.45, 2.75) is 62.8 Å². The number of hydrogen-bond donors (Lipinski definition) is 0. The molecule has 0 radical (unpaired) electrons. The molecule has 0 N–H and O–H groups in total. The quantitative estimate of drug-likeness (QED) is 0.0358. The number of rotatable bonds is 14. The molecule has 1 fully saturated rings. The summed E-state index contributed by atoms with van der Waals surface area (Å²) in [6, 6.07) is 29.1. The molecule has 1 spiro atoms. The zero-order valence-corrected chi connectivity index (χ0v) is 37.9. The molecule has 4 heterocycles. The smallest absolute Gasteiger partial charge is 0.341 e. The number of hydrogen-bond acceptors (Lipinski definition) is 8. The minimum atomic E-state index is -1.60. The zero-order valence-electron chi connectivity index (χ0n) is 34.0. The lowest BCUT2D eigenvalue weighted by atomic mass is 9.76. The fourth-order valence-corrected chi connectivity index (χ4v) is 11.2. The van der Waals surface area contributed by atoms with Crippen LogP contribution in [0.25, 0.3) is 0 Å². The molecular formula is C49H42Cl4N2O6S. The number of aryl methyl sites for hydroxylation is 1. The van der Waals surface area contributed by atoms with Gasteiger partial charge in [-0.15, -0.1) is 11.8 Å². The number of unbranched alkanes of at least 4 members (excludes halogenated alkanes) is 3. The van der Waals surface area contributed by atoms with Gasteiger partial charge in [-0.05, 0) is 59.9 Å². The van der Waals surface area contributed by atoms with E-state index in [4.69, 9.17) is 60.6 Å². The molecule has 5 aromatic carbocycles. The molecular weight excluding hydrogens is 886 g/mol. The highest BCUT2D eigenvalue weighted by Gasteiger charge is 2.57. The van der Waals surface area contributed by atoms with Crippen molar-refractivity contribution in [1.82, 2.24) is 4.90 Å². The fraction of sp³-hybridized carbons (Fsp3) is 0.286. The Bertz CT molecular complexity index is 2640. The molecule has 9 rings (SSSR count). The van der Waals surface area contributed by atoms with E-state index in [1.54, 1.807) is 16.7 Å². The minimum Gasteiger partial charge on any atom is -0.489 e. The van der Waals surface area contributed by atoms with Crippen LogP contribution in [0, 0.1) is 5.92 Å². The summed E-state index contributed by atoms with van der Waals surface area (Å²) in [5, 5.41) is -0.0951. The molecule has 4 aliphatic rings. The van der Waals surface area contributed by atoms with Gasteiger partial charge in [0.15, 0.2) is 5.60 Å². The Balaban J connectivity index is 1.07. The summed E-state index contributed by atoms with van der Waals surface area (Å²) < 4.78 is 20.0. The van der Waals surface area contributed by atoms with Crippen molar-refractivity contribution in [3.63, 3.8) is 0 Å². The number of carbonyl (C=O) groups excluding carboxylic acids is 3. The van der Waals surface area contributed by atoms with Crippen LogP contribution in [0.15, 0.2) is 103 Å². The molecule has 0 aliphatic carbocycles. The molecule has 8 nitrogen and oxygen atoms in total. The maximum atomic E-state index is 14.1. The molecule has 3 atom stereocenters. The third-order valence-corrected chi connectivity index (χ3v) is 15.3. The first kappa shape index (κ1) is 42.7. The SMILES string of the molecule is CCCCCCc1cc2c(cc1OCC1=CN3C(=O)[C@H](CC(=O)Cc4ccccc4)[C@@H]3SC1)Oc1cc(N(C)c3ccccc3)ccc1C21OC(=O)c2c(Cl)c(Cl)c(Cl)c(Cl)c21. The molecule has 1 saturated heterocycles. The standard InChI is InChI=1S/C49H42Cl4N2O6S/c1-3-4-5-10-15-30-21-36-39(24-37(30)59-26-29-25-55-46(57)34(47(55)62-27-29)23-33(56)20-28-13-8-6-9-14-28)60-38-22-32(54(2)31-16-11-7-12-17-31)18-19-35(38)49(36)41-40(48(58)61-49)42(50)44(52)45(53)43(41)51/h6-9,11-14,16-19,21-22,24-25,34,47H,3-5,10,15,20,23,26-27H2,1-2H3/t34-,47-,49?/m0/s1. The number of ether oxygens (including phenoxy) is 3. The Hall–Kier alpha value is -4.64. The molecule has 1 amide bonds. The van der Waals surface area contributed by atoms with E-state index >= 15 is 0 Å². The first-order chi connectivity index (χ1) is 30.0. The molecule has 62 heavy (non-hydrogen) atoms. The fourth-order valence-electron chi connectivity index (χ4n) is 8.86. The number of para-hydroxylation sites is 1. The van der Waals surface area contributed by atoms with Gasteiger partial charge in [0.2, 0.25) is 5.91 Å². The molecule has 0 bridgehead atoms. The second kappa shape index (κ2) is 17.5. The van der Waals surface area contributed by atoms with Crippen molar-refractivity contribution in [1.29, 1.82) is 0 Å². The predicted octanol–water partition coefficient (Wildman–Crippen LogP) is 12.8. The van der Waals surface area contributed by atoms with E-state index in [2.05, 4.69) is 6.92 Å². The van der Waals surface area contributed by atoms with Crippen LogP contribution in [0.4, 0.5) is 11.4 Å². The lowest BCUT2D eigenvalue weighted by molar-refractivity contribution is -0.148. The average molecular weight is 929 g/mol. The van der Waals surface area contributed by atoms with Gasteiger partial charge in [-0.25, -0.2) is 4.79 Å². The Morgan fingerprint density at radius 3 is 2.34 bits per heavy atom. The highest BCUT2D eigenvalue weighted by Crippen LogP contribution is 2.61. The van der Waals surface area contributed by atoms with E-state index in [1.165, 1.54) is 0 Å². The number of esters is 1. The number of carbonyl (C=O) groups is 3. The van der Waals surface area contributed by atoms with Gasteiger partial charge in [0.25, 0.3) is 0 Å². The number of amides is 1. The van der Waals surface area contributed by atoms with Crippen molar-refractivity contribution in [3.8, 4) is 17.2 Å². The molecule has 0 saturated carbocycles. The van der Waals surface area contributed by atoms with E-state index in [0.29, 0.717) is 52.5 Å². The molecule has 13 heteroatoms. The van der Waals surface area contributed by atoms with Crippen LogP contribution < -0.4 is 14.4 Å². The van der Waals surface area contributed by atoms with Gasteiger partial charge in [0, 0.05) is 72.0 Å². The zero-order chi connectivity index (χ0) is 43.3. The molecule has 5 aromatic rings. The van der Waals surface area contributed by atoms with E-state index in [0.717, 1.165) is 53.8 Å². The van der Waals surface area contributed by atoms with Crippen molar-refractivity contribution < 1.29 is 28.6 Å². The van der Waals surface area contributed by atoms with Gasteiger partial charge >= 0.3 is 5.97 Å². The molecule has 0 aromatic heterocycles. The molecule has 4 aliphatic heterocycles. The van der Waals surface area contributed by atoms with Crippen LogP contribution in [0.3, 0.4) is 0 Å². The van der Waals surface area contributed by atoms with Gasteiger partial charge in [0.05, 0.1) is 36.9 Å². The highest BCUT2D eigenvalue weighted by atomic mass is 35.5. The van der Waals surface area contributed by atoms with Crippen LogP contribution in [-0.4, -0.2) is 47.3 Å². The number of ketones is 1. The lowest BCUT2D eigenvalue weighted by Crippen LogP contribution is -2.58. The summed E-state index contributed by atoms with van der Waals surface area (Å²) in [7, 11) is 1.96. The van der Waals surface area contributed by atoms with Crippen molar-refractivity contribution in [3.05, 3.63) is 156 Å². The Morgan fingerprint density at radius 1 is 0.855 bits per heavy atom. The Labute approximate surface area is 385 Å². The number of anilines is 2. The molecule has 318 valence electrons. The predicted molar refractivity (Wildman–Crippen MR) is 247 cm³/mol. The van der Waals surface area contributed by atoms with Gasteiger partial charge in [-0.3, -0.25) is 9.59 Å². The number of Topliss-reactive ketones (excluding diaryl/α,β-unsaturated/α-hetero) is 1. The second-order valence-electron chi connectivity index (χ2n) is 16.1. The molecule has 1 unspecified atom stereocenters. The van der Waals surface area contributed by atoms with Gasteiger partial charge in [0.1, 0.15) is 29.6 Å². The number of benzene rings is 5. The van der Waals surface area contributed by atoms with E-state index in [9.17, 15) is 14.4 Å². The average Bonchev–Trinajstić information content (AvgIpc) is 3.60. The topological polar surface area (TPSA) is 85.4 Å². The van der Waals surface area contributed by atoms with Crippen molar-refractivity contribution >= 4 is 87.2 Å². The van der Waals surface area contributed by atoms with E-state index in [1.807, 2.05) is 109 Å². The highest BCUT2D eigenvalue weighted by molar-refractivity contribution is 8.00. The monoisotopic (exact) mass is 926 g/mol. The number of thioether (sulfide) groups is 1. The summed E-state index contributed by atoms with van der Waals surface area (Å²) in [6.45, 7) is 2.39. The summed E-state index contributed by atoms with van der Waals surface area (Å²) in [4.78, 5) is 44.1. The summed E-state index contributed by atoms with van der Waals surface area (Å²) in [5.74, 6) is 1.07. The van der Waals surface area contributed by atoms with Gasteiger partial charge < -0.3 is 24.0 Å². The Morgan fingerprint density at radius 2 is 1.58 bits per heavy atom. The second-order valence-corrected chi connectivity index (χ2v) is 18.7. The third-order valence-electron chi connectivity index (χ3n) is 12.1. The van der Waals surface area contributed by atoms with Crippen LogP contribution in [0.2, 0.25) is 20.1 Å². The van der Waals surface area contributed by atoms with Crippen LogP contribution in [0.1, 0.15) is 77.2 Å². The maximum absolute atomic E-state index is 14.1. The third kappa shape index (κ3) is 7.53. The number of fused-ring (bicyclic) bond motifs is 7. The lowest BCUT2D eigenvalue weighted by Gasteiger charge is -2.47. The van der Waals surface area contributed by atoms with Gasteiger partial charge in [-0.2, -0.15) is 0 Å². The first-order valence-electron chi connectivity index (χ1n) is 20.7. The number of β-lactam (4-membered cyclic amide) rings is 1. The Kier molecular flexibility index (Phi) is 12.0.